The molecule has 0 bridgehead atoms. The van der Waals surface area contributed by atoms with Gasteiger partial charge in [-0.3, -0.25) is 0 Å². The van der Waals surface area contributed by atoms with Gasteiger partial charge < -0.3 is 10.2 Å². The second-order valence-corrected chi connectivity index (χ2v) is 7.61. The molecule has 0 radical (unpaired) electrons. The number of hydrogen-bond donors (Lipinski definition) is 1. The molecule has 1 fully saturated rings. The predicted molar refractivity (Wildman–Crippen MR) is 93.0 cm³/mol. The van der Waals surface area contributed by atoms with Crippen LogP contribution in [0.2, 0.25) is 0 Å². The highest BCUT2D eigenvalue weighted by molar-refractivity contribution is 5.51. The SMILES string of the molecule is Cc1cc(N2CCCCCC2C)ccc1CNC(C)(C)C. The molecule has 1 aromatic rings. The van der Waals surface area contributed by atoms with Crippen molar-refractivity contribution >= 4 is 5.69 Å². The van der Waals surface area contributed by atoms with Crippen molar-refractivity contribution in [1.29, 1.82) is 0 Å². The standard InChI is InChI=1S/C19H32N2/c1-15-13-18(21-12-8-6-7-9-16(21)2)11-10-17(15)14-20-19(3,4)5/h10-11,13,16,20H,6-9,12,14H2,1-5H3. The molecule has 1 atom stereocenters. The summed E-state index contributed by atoms with van der Waals surface area (Å²) in [4.78, 5) is 2.60. The van der Waals surface area contributed by atoms with Gasteiger partial charge in [-0.2, -0.15) is 0 Å². The molecule has 1 aliphatic rings. The van der Waals surface area contributed by atoms with Crippen LogP contribution in [0.3, 0.4) is 0 Å². The number of rotatable bonds is 3. The summed E-state index contributed by atoms with van der Waals surface area (Å²) in [5.74, 6) is 0. The fraction of sp³-hybridized carbons (Fsp3) is 0.684. The molecule has 1 unspecified atom stereocenters. The van der Waals surface area contributed by atoms with Gasteiger partial charge in [-0.25, -0.2) is 0 Å². The Morgan fingerprint density at radius 2 is 1.95 bits per heavy atom. The number of nitrogens with one attached hydrogen (secondary N) is 1. The molecule has 0 spiro atoms. The molecule has 1 saturated heterocycles. The van der Waals surface area contributed by atoms with Crippen LogP contribution in [0.5, 0.6) is 0 Å². The minimum atomic E-state index is 0.171. The number of nitrogens with zero attached hydrogens (tertiary/aromatic N) is 1. The normalized spacial score (nSPS) is 20.4. The third-order valence-electron chi connectivity index (χ3n) is 4.52. The number of anilines is 1. The van der Waals surface area contributed by atoms with E-state index in [4.69, 9.17) is 0 Å². The lowest BCUT2D eigenvalue weighted by molar-refractivity contribution is 0.424. The Kier molecular flexibility index (Phi) is 5.32. The fourth-order valence-corrected chi connectivity index (χ4v) is 3.08. The summed E-state index contributed by atoms with van der Waals surface area (Å²) in [6, 6.07) is 7.67. The van der Waals surface area contributed by atoms with Gasteiger partial charge in [0.1, 0.15) is 0 Å². The molecule has 2 nitrogen and oxygen atoms in total. The van der Waals surface area contributed by atoms with Gasteiger partial charge in [-0.1, -0.05) is 18.9 Å². The molecule has 2 rings (SSSR count). The third-order valence-corrected chi connectivity index (χ3v) is 4.52. The average Bonchev–Trinajstić information content (AvgIpc) is 2.61. The highest BCUT2D eigenvalue weighted by Crippen LogP contribution is 2.26. The lowest BCUT2D eigenvalue weighted by atomic mass is 10.0. The van der Waals surface area contributed by atoms with Crippen molar-refractivity contribution in [2.45, 2.75) is 78.4 Å². The van der Waals surface area contributed by atoms with Crippen molar-refractivity contribution in [1.82, 2.24) is 5.32 Å². The van der Waals surface area contributed by atoms with Crippen LogP contribution in [0.25, 0.3) is 0 Å². The topological polar surface area (TPSA) is 15.3 Å². The first-order valence-electron chi connectivity index (χ1n) is 8.48. The molecular weight excluding hydrogens is 256 g/mol. The van der Waals surface area contributed by atoms with Crippen LogP contribution in [0.15, 0.2) is 18.2 Å². The maximum atomic E-state index is 3.58. The van der Waals surface area contributed by atoms with Crippen molar-refractivity contribution in [2.75, 3.05) is 11.4 Å². The van der Waals surface area contributed by atoms with Crippen molar-refractivity contribution in [3.63, 3.8) is 0 Å². The van der Waals surface area contributed by atoms with Gasteiger partial charge in [-0.05, 0) is 70.7 Å². The Morgan fingerprint density at radius 3 is 2.62 bits per heavy atom. The Hall–Kier alpha value is -1.02. The third kappa shape index (κ3) is 4.74. The van der Waals surface area contributed by atoms with Crippen LogP contribution in [-0.2, 0) is 6.54 Å². The summed E-state index contributed by atoms with van der Waals surface area (Å²) in [6.07, 6.45) is 5.42. The maximum absolute atomic E-state index is 3.58. The number of benzene rings is 1. The van der Waals surface area contributed by atoms with Gasteiger partial charge in [-0.15, -0.1) is 0 Å². The zero-order valence-electron chi connectivity index (χ0n) is 14.5. The fourth-order valence-electron chi connectivity index (χ4n) is 3.08. The van der Waals surface area contributed by atoms with Crippen LogP contribution in [0, 0.1) is 6.92 Å². The van der Waals surface area contributed by atoms with Crippen LogP contribution in [0.4, 0.5) is 5.69 Å². The summed E-state index contributed by atoms with van der Waals surface area (Å²) in [7, 11) is 0. The maximum Gasteiger partial charge on any atom is 0.0371 e. The van der Waals surface area contributed by atoms with E-state index in [1.807, 2.05) is 0 Å². The smallest absolute Gasteiger partial charge is 0.0371 e. The number of aryl methyl sites for hydroxylation is 1. The Labute approximate surface area is 130 Å². The lowest BCUT2D eigenvalue weighted by Gasteiger charge is -2.30. The van der Waals surface area contributed by atoms with E-state index >= 15 is 0 Å². The summed E-state index contributed by atoms with van der Waals surface area (Å²) < 4.78 is 0. The van der Waals surface area contributed by atoms with Gasteiger partial charge in [0.25, 0.3) is 0 Å². The first kappa shape index (κ1) is 16.4. The molecular formula is C19H32N2. The van der Waals surface area contributed by atoms with Crippen LogP contribution in [-0.4, -0.2) is 18.1 Å². The summed E-state index contributed by atoms with van der Waals surface area (Å²) in [6.45, 7) is 13.4. The molecule has 0 aromatic heterocycles. The van der Waals surface area contributed by atoms with Crippen molar-refractivity contribution in [3.05, 3.63) is 29.3 Å². The van der Waals surface area contributed by atoms with Crippen molar-refractivity contribution in [3.8, 4) is 0 Å². The second-order valence-electron chi connectivity index (χ2n) is 7.61. The van der Waals surface area contributed by atoms with Crippen LogP contribution >= 0.6 is 0 Å². The van der Waals surface area contributed by atoms with E-state index in [2.05, 4.69) is 63.0 Å². The van der Waals surface area contributed by atoms with Gasteiger partial charge in [0.05, 0.1) is 0 Å². The predicted octanol–water partition coefficient (Wildman–Crippen LogP) is 4.65. The van der Waals surface area contributed by atoms with Gasteiger partial charge in [0.15, 0.2) is 0 Å². The van der Waals surface area contributed by atoms with E-state index in [0.29, 0.717) is 6.04 Å². The average molecular weight is 288 g/mol. The zero-order chi connectivity index (χ0) is 15.5. The van der Waals surface area contributed by atoms with Crippen molar-refractivity contribution in [2.24, 2.45) is 0 Å². The molecule has 0 aliphatic carbocycles. The largest absolute Gasteiger partial charge is 0.369 e. The van der Waals surface area contributed by atoms with Crippen molar-refractivity contribution < 1.29 is 0 Å². The van der Waals surface area contributed by atoms with E-state index in [1.54, 1.807) is 0 Å². The van der Waals surface area contributed by atoms with Crippen LogP contribution in [0.1, 0.15) is 64.5 Å². The Balaban J connectivity index is 2.10. The minimum absolute atomic E-state index is 0.171. The highest BCUT2D eigenvalue weighted by Gasteiger charge is 2.18. The first-order chi connectivity index (χ1) is 9.87. The molecule has 1 heterocycles. The van der Waals surface area contributed by atoms with Gasteiger partial charge in [0.2, 0.25) is 0 Å². The van der Waals surface area contributed by atoms with E-state index in [0.717, 1.165) is 6.54 Å². The van der Waals surface area contributed by atoms with Gasteiger partial charge in [0, 0.05) is 30.4 Å². The minimum Gasteiger partial charge on any atom is -0.369 e. The molecule has 1 aromatic carbocycles. The van der Waals surface area contributed by atoms with Crippen LogP contribution < -0.4 is 10.2 Å². The second kappa shape index (κ2) is 6.83. The zero-order valence-corrected chi connectivity index (χ0v) is 14.5. The van der Waals surface area contributed by atoms with E-state index in [1.165, 1.54) is 49.0 Å². The Bertz CT molecular complexity index is 459. The summed E-state index contributed by atoms with van der Waals surface area (Å²) >= 11 is 0. The van der Waals surface area contributed by atoms with E-state index in [-0.39, 0.29) is 5.54 Å². The number of hydrogen-bond acceptors (Lipinski definition) is 2. The molecule has 21 heavy (non-hydrogen) atoms. The summed E-state index contributed by atoms with van der Waals surface area (Å²) in [5, 5.41) is 3.58. The van der Waals surface area contributed by atoms with E-state index < -0.39 is 0 Å². The lowest BCUT2D eigenvalue weighted by Crippen LogP contribution is -2.35. The molecule has 2 heteroatoms. The molecule has 0 amide bonds. The van der Waals surface area contributed by atoms with E-state index in [9.17, 15) is 0 Å². The molecule has 1 aliphatic heterocycles. The Morgan fingerprint density at radius 1 is 1.19 bits per heavy atom. The monoisotopic (exact) mass is 288 g/mol. The first-order valence-corrected chi connectivity index (χ1v) is 8.48. The van der Waals surface area contributed by atoms with Gasteiger partial charge >= 0.3 is 0 Å². The summed E-state index contributed by atoms with van der Waals surface area (Å²) in [5.41, 5.74) is 4.39. The molecule has 118 valence electrons. The molecule has 0 saturated carbocycles. The highest BCUT2D eigenvalue weighted by atomic mass is 15.2. The molecule has 1 N–H and O–H groups in total. The quantitative estimate of drug-likeness (QED) is 0.870.